The maximum atomic E-state index is 3.64. The van der Waals surface area contributed by atoms with Crippen LogP contribution in [0, 0.1) is 11.8 Å². The molecule has 0 spiro atoms. The first kappa shape index (κ1) is 15.0. The first-order valence-corrected chi connectivity index (χ1v) is 7.61. The van der Waals surface area contributed by atoms with Gasteiger partial charge in [-0.2, -0.15) is 0 Å². The molecule has 0 aromatic rings. The minimum Gasteiger partial charge on any atom is -0.315 e. The highest BCUT2D eigenvalue weighted by Gasteiger charge is 2.12. The van der Waals surface area contributed by atoms with E-state index in [4.69, 9.17) is 0 Å². The molecule has 17 heavy (non-hydrogen) atoms. The Kier molecular flexibility index (Phi) is 7.87. The van der Waals surface area contributed by atoms with E-state index in [1.807, 2.05) is 0 Å². The Morgan fingerprint density at radius 2 is 1.94 bits per heavy atom. The van der Waals surface area contributed by atoms with Gasteiger partial charge >= 0.3 is 0 Å². The molecule has 1 aliphatic carbocycles. The second-order valence-corrected chi connectivity index (χ2v) is 5.98. The highest BCUT2D eigenvalue weighted by atomic mass is 15.1. The maximum absolute atomic E-state index is 3.64. The summed E-state index contributed by atoms with van der Waals surface area (Å²) in [6, 6.07) is 0. The standard InChI is InChI=1S/C15H32N2/c1-4-14(2)13-17(3)11-10-16-12-15-8-6-5-7-9-15/h14-16H,4-13H2,1-3H3. The molecule has 0 bridgehead atoms. The maximum Gasteiger partial charge on any atom is 0.0104 e. The van der Waals surface area contributed by atoms with Crippen LogP contribution in [0.15, 0.2) is 0 Å². The van der Waals surface area contributed by atoms with E-state index >= 15 is 0 Å². The van der Waals surface area contributed by atoms with Crippen molar-refractivity contribution in [2.24, 2.45) is 11.8 Å². The van der Waals surface area contributed by atoms with Gasteiger partial charge in [0.2, 0.25) is 0 Å². The first-order chi connectivity index (χ1) is 8.22. The monoisotopic (exact) mass is 240 g/mol. The fourth-order valence-corrected chi connectivity index (χ4v) is 2.72. The average molecular weight is 240 g/mol. The van der Waals surface area contributed by atoms with E-state index < -0.39 is 0 Å². The third-order valence-electron chi connectivity index (χ3n) is 4.15. The number of likely N-dealkylation sites (N-methyl/N-ethyl adjacent to an activating group) is 1. The smallest absolute Gasteiger partial charge is 0.0104 e. The zero-order chi connectivity index (χ0) is 12.5. The largest absolute Gasteiger partial charge is 0.315 e. The lowest BCUT2D eigenvalue weighted by atomic mass is 9.89. The second kappa shape index (κ2) is 8.93. The van der Waals surface area contributed by atoms with E-state index in [9.17, 15) is 0 Å². The van der Waals surface area contributed by atoms with Gasteiger partial charge in [0.25, 0.3) is 0 Å². The van der Waals surface area contributed by atoms with Gasteiger partial charge in [0.1, 0.15) is 0 Å². The number of rotatable bonds is 8. The SMILES string of the molecule is CCC(C)CN(C)CCNCC1CCCCC1. The molecule has 1 N–H and O–H groups in total. The zero-order valence-corrected chi connectivity index (χ0v) is 12.2. The predicted octanol–water partition coefficient (Wildman–Crippen LogP) is 3.13. The second-order valence-electron chi connectivity index (χ2n) is 5.98. The van der Waals surface area contributed by atoms with Crippen LogP contribution in [0.25, 0.3) is 0 Å². The van der Waals surface area contributed by atoms with E-state index in [0.717, 1.165) is 18.4 Å². The highest BCUT2D eigenvalue weighted by molar-refractivity contribution is 4.68. The molecule has 0 heterocycles. The van der Waals surface area contributed by atoms with Crippen LogP contribution in [0.1, 0.15) is 52.4 Å². The Bertz CT molecular complexity index is 176. The number of hydrogen-bond donors (Lipinski definition) is 1. The minimum atomic E-state index is 0.832. The summed E-state index contributed by atoms with van der Waals surface area (Å²) in [6.07, 6.45) is 8.58. The molecule has 1 saturated carbocycles. The third kappa shape index (κ3) is 7.05. The molecular weight excluding hydrogens is 208 g/mol. The Morgan fingerprint density at radius 3 is 2.59 bits per heavy atom. The fraction of sp³-hybridized carbons (Fsp3) is 1.00. The van der Waals surface area contributed by atoms with Crippen LogP contribution in [0.3, 0.4) is 0 Å². The van der Waals surface area contributed by atoms with Crippen molar-refractivity contribution in [3.63, 3.8) is 0 Å². The van der Waals surface area contributed by atoms with Gasteiger partial charge in [0.15, 0.2) is 0 Å². The molecular formula is C15H32N2. The molecule has 0 saturated heterocycles. The van der Waals surface area contributed by atoms with Gasteiger partial charge in [-0.3, -0.25) is 0 Å². The topological polar surface area (TPSA) is 15.3 Å². The van der Waals surface area contributed by atoms with E-state index in [0.29, 0.717) is 0 Å². The summed E-state index contributed by atoms with van der Waals surface area (Å²) < 4.78 is 0. The Morgan fingerprint density at radius 1 is 1.24 bits per heavy atom. The molecule has 1 fully saturated rings. The summed E-state index contributed by atoms with van der Waals surface area (Å²) in [7, 11) is 2.24. The summed E-state index contributed by atoms with van der Waals surface area (Å²) >= 11 is 0. The van der Waals surface area contributed by atoms with Crippen molar-refractivity contribution in [2.45, 2.75) is 52.4 Å². The van der Waals surface area contributed by atoms with Crippen molar-refractivity contribution in [3.8, 4) is 0 Å². The average Bonchev–Trinajstić information content (AvgIpc) is 2.36. The molecule has 0 aliphatic heterocycles. The number of hydrogen-bond acceptors (Lipinski definition) is 2. The lowest BCUT2D eigenvalue weighted by molar-refractivity contribution is 0.274. The molecule has 1 aliphatic rings. The first-order valence-electron chi connectivity index (χ1n) is 7.61. The van der Waals surface area contributed by atoms with Crippen LogP contribution in [-0.4, -0.2) is 38.1 Å². The van der Waals surface area contributed by atoms with Gasteiger partial charge in [-0.1, -0.05) is 39.5 Å². The normalized spacial score (nSPS) is 19.8. The fourth-order valence-electron chi connectivity index (χ4n) is 2.72. The molecule has 0 aromatic carbocycles. The van der Waals surface area contributed by atoms with Crippen molar-refractivity contribution in [1.82, 2.24) is 10.2 Å². The van der Waals surface area contributed by atoms with Gasteiger partial charge in [-0.05, 0) is 38.3 Å². The van der Waals surface area contributed by atoms with Crippen molar-refractivity contribution < 1.29 is 0 Å². The Hall–Kier alpha value is -0.0800. The van der Waals surface area contributed by atoms with Crippen LogP contribution in [0.2, 0.25) is 0 Å². The van der Waals surface area contributed by atoms with E-state index in [1.54, 1.807) is 0 Å². The van der Waals surface area contributed by atoms with Crippen LogP contribution in [-0.2, 0) is 0 Å². The third-order valence-corrected chi connectivity index (χ3v) is 4.15. The van der Waals surface area contributed by atoms with Crippen molar-refractivity contribution >= 4 is 0 Å². The zero-order valence-electron chi connectivity index (χ0n) is 12.2. The molecule has 1 atom stereocenters. The van der Waals surface area contributed by atoms with Crippen molar-refractivity contribution in [1.29, 1.82) is 0 Å². The van der Waals surface area contributed by atoms with Crippen LogP contribution < -0.4 is 5.32 Å². The summed E-state index contributed by atoms with van der Waals surface area (Å²) in [5.74, 6) is 1.79. The van der Waals surface area contributed by atoms with E-state index in [-0.39, 0.29) is 0 Å². The number of nitrogens with one attached hydrogen (secondary N) is 1. The summed E-state index contributed by atoms with van der Waals surface area (Å²) in [5, 5.41) is 3.64. The lowest BCUT2D eigenvalue weighted by Crippen LogP contribution is -2.34. The molecule has 0 radical (unpaired) electrons. The summed E-state index contributed by atoms with van der Waals surface area (Å²) in [4.78, 5) is 2.46. The molecule has 2 nitrogen and oxygen atoms in total. The molecule has 102 valence electrons. The van der Waals surface area contributed by atoms with E-state index in [1.165, 1.54) is 58.2 Å². The Labute approximate surface area is 108 Å². The van der Waals surface area contributed by atoms with Crippen LogP contribution in [0.5, 0.6) is 0 Å². The Balaban J connectivity index is 1.95. The molecule has 0 amide bonds. The van der Waals surface area contributed by atoms with Gasteiger partial charge < -0.3 is 10.2 Å². The quantitative estimate of drug-likeness (QED) is 0.656. The number of nitrogens with zero attached hydrogens (tertiary/aromatic N) is 1. The lowest BCUT2D eigenvalue weighted by Gasteiger charge is -2.23. The molecule has 2 heteroatoms. The summed E-state index contributed by atoms with van der Waals surface area (Å²) in [5.41, 5.74) is 0. The molecule has 1 unspecified atom stereocenters. The van der Waals surface area contributed by atoms with Crippen LogP contribution in [0.4, 0.5) is 0 Å². The van der Waals surface area contributed by atoms with Gasteiger partial charge in [-0.25, -0.2) is 0 Å². The molecule has 1 rings (SSSR count). The van der Waals surface area contributed by atoms with Gasteiger partial charge in [-0.15, -0.1) is 0 Å². The summed E-state index contributed by atoms with van der Waals surface area (Å²) in [6.45, 7) is 9.45. The van der Waals surface area contributed by atoms with Crippen LogP contribution >= 0.6 is 0 Å². The predicted molar refractivity (Wildman–Crippen MR) is 76.4 cm³/mol. The molecule has 0 aromatic heterocycles. The van der Waals surface area contributed by atoms with Gasteiger partial charge in [0, 0.05) is 19.6 Å². The van der Waals surface area contributed by atoms with Crippen molar-refractivity contribution in [2.75, 3.05) is 33.2 Å². The highest BCUT2D eigenvalue weighted by Crippen LogP contribution is 2.22. The minimum absolute atomic E-state index is 0.832. The van der Waals surface area contributed by atoms with Gasteiger partial charge in [0.05, 0.1) is 0 Å². The van der Waals surface area contributed by atoms with Crippen molar-refractivity contribution in [3.05, 3.63) is 0 Å². The van der Waals surface area contributed by atoms with E-state index in [2.05, 4.69) is 31.1 Å².